The quantitative estimate of drug-likeness (QED) is 0.483. The molecule has 27 heavy (non-hydrogen) atoms. The van der Waals surface area contributed by atoms with Crippen LogP contribution in [0.25, 0.3) is 0 Å². The molecule has 2 aliphatic carbocycles. The molecule has 0 unspecified atom stereocenters. The fourth-order valence-electron chi connectivity index (χ4n) is 5.36. The van der Waals surface area contributed by atoms with Crippen LogP contribution in [0.3, 0.4) is 0 Å². The molecule has 5 atom stereocenters. The zero-order chi connectivity index (χ0) is 20.4. The highest BCUT2D eigenvalue weighted by Crippen LogP contribution is 2.62. The minimum Gasteiger partial charge on any atom is -0.478 e. The number of hydrogen-bond acceptors (Lipinski definition) is 5. The summed E-state index contributed by atoms with van der Waals surface area (Å²) in [7, 11) is 1.36. The Morgan fingerprint density at radius 2 is 2.04 bits per heavy atom. The Morgan fingerprint density at radius 1 is 1.37 bits per heavy atom. The van der Waals surface area contributed by atoms with Gasteiger partial charge in [-0.25, -0.2) is 9.59 Å². The van der Waals surface area contributed by atoms with Gasteiger partial charge >= 0.3 is 11.9 Å². The molecule has 0 radical (unpaired) electrons. The van der Waals surface area contributed by atoms with Gasteiger partial charge in [0.15, 0.2) is 0 Å². The summed E-state index contributed by atoms with van der Waals surface area (Å²) in [6, 6.07) is 0. The number of aliphatic carboxylic acids is 1. The van der Waals surface area contributed by atoms with E-state index in [2.05, 4.69) is 13.8 Å². The molecule has 0 aliphatic heterocycles. The van der Waals surface area contributed by atoms with Gasteiger partial charge in [0, 0.05) is 17.1 Å². The molecule has 152 valence electrons. The van der Waals surface area contributed by atoms with E-state index in [9.17, 15) is 19.8 Å². The average Bonchev–Trinajstić information content (AvgIpc) is 2.62. The molecule has 1 saturated carbocycles. The van der Waals surface area contributed by atoms with Gasteiger partial charge in [0.25, 0.3) is 0 Å². The van der Waals surface area contributed by atoms with Crippen LogP contribution in [-0.4, -0.2) is 47.1 Å². The summed E-state index contributed by atoms with van der Waals surface area (Å²) < 4.78 is 4.98. The Kier molecular flexibility index (Phi) is 6.53. The van der Waals surface area contributed by atoms with Crippen LogP contribution in [0.15, 0.2) is 23.3 Å². The predicted molar refractivity (Wildman–Crippen MR) is 101 cm³/mol. The third kappa shape index (κ3) is 3.83. The number of methoxy groups -OCH3 is 1. The first-order valence-electron chi connectivity index (χ1n) is 9.61. The first kappa shape index (κ1) is 21.6. The molecule has 1 fully saturated rings. The van der Waals surface area contributed by atoms with Gasteiger partial charge in [-0.3, -0.25) is 0 Å². The van der Waals surface area contributed by atoms with Crippen molar-refractivity contribution in [1.29, 1.82) is 0 Å². The van der Waals surface area contributed by atoms with Crippen molar-refractivity contribution < 1.29 is 29.6 Å². The summed E-state index contributed by atoms with van der Waals surface area (Å²) in [5.41, 5.74) is 0.148. The maximum absolute atomic E-state index is 12.4. The third-order valence-corrected chi connectivity index (χ3v) is 7.22. The molecule has 6 heteroatoms. The lowest BCUT2D eigenvalue weighted by Crippen LogP contribution is -2.57. The molecule has 0 aromatic carbocycles. The molecule has 0 aromatic rings. The molecule has 0 heterocycles. The molecule has 0 spiro atoms. The van der Waals surface area contributed by atoms with Crippen molar-refractivity contribution in [1.82, 2.24) is 0 Å². The summed E-state index contributed by atoms with van der Waals surface area (Å²) in [6.07, 6.45) is 5.66. The maximum atomic E-state index is 12.4. The van der Waals surface area contributed by atoms with E-state index in [1.807, 2.05) is 13.0 Å². The van der Waals surface area contributed by atoms with Crippen molar-refractivity contribution >= 4 is 11.9 Å². The van der Waals surface area contributed by atoms with E-state index in [0.29, 0.717) is 30.4 Å². The zero-order valence-corrected chi connectivity index (χ0v) is 16.7. The number of aliphatic hydroxyl groups excluding tert-OH is 2. The van der Waals surface area contributed by atoms with Crippen LogP contribution < -0.4 is 0 Å². The van der Waals surface area contributed by atoms with Gasteiger partial charge in [-0.1, -0.05) is 26.8 Å². The number of ether oxygens (including phenoxy) is 1. The van der Waals surface area contributed by atoms with Gasteiger partial charge in [-0.2, -0.15) is 0 Å². The van der Waals surface area contributed by atoms with E-state index in [-0.39, 0.29) is 29.8 Å². The number of esters is 1. The number of rotatable bonds is 6. The van der Waals surface area contributed by atoms with Crippen LogP contribution in [0.5, 0.6) is 0 Å². The van der Waals surface area contributed by atoms with Gasteiger partial charge in [-0.15, -0.1) is 0 Å². The van der Waals surface area contributed by atoms with Crippen LogP contribution in [0, 0.1) is 22.7 Å². The second-order valence-electron chi connectivity index (χ2n) is 8.48. The van der Waals surface area contributed by atoms with Gasteiger partial charge < -0.3 is 20.1 Å². The number of carboxylic acids is 1. The Bertz CT molecular complexity index is 651. The van der Waals surface area contributed by atoms with Crippen LogP contribution >= 0.6 is 0 Å². The molecular weight excluding hydrogens is 348 g/mol. The SMILES string of the molecule is COC(=O)C1=CCC[C@@H]2[C@@](C)(CC/C(=C/C(=O)O)CO)[C@H](C)C[C@H](O)[C@@]12C. The number of allylic oxidation sites excluding steroid dienone is 1. The highest BCUT2D eigenvalue weighted by Gasteiger charge is 2.59. The van der Waals surface area contributed by atoms with Crippen LogP contribution in [-0.2, 0) is 14.3 Å². The lowest BCUT2D eigenvalue weighted by molar-refractivity contribution is -0.151. The fourth-order valence-corrected chi connectivity index (χ4v) is 5.36. The Morgan fingerprint density at radius 3 is 2.59 bits per heavy atom. The molecule has 0 amide bonds. The zero-order valence-electron chi connectivity index (χ0n) is 16.7. The molecule has 0 saturated heterocycles. The Labute approximate surface area is 160 Å². The maximum Gasteiger partial charge on any atom is 0.334 e. The third-order valence-electron chi connectivity index (χ3n) is 7.22. The van der Waals surface area contributed by atoms with Gasteiger partial charge in [0.2, 0.25) is 0 Å². The largest absolute Gasteiger partial charge is 0.478 e. The number of fused-ring (bicyclic) bond motifs is 1. The van der Waals surface area contributed by atoms with Gasteiger partial charge in [0.05, 0.1) is 19.8 Å². The van der Waals surface area contributed by atoms with E-state index in [1.165, 1.54) is 7.11 Å². The Hall–Kier alpha value is -1.66. The van der Waals surface area contributed by atoms with Gasteiger partial charge in [-0.05, 0) is 54.9 Å². The molecule has 0 bridgehead atoms. The first-order chi connectivity index (χ1) is 12.6. The lowest BCUT2D eigenvalue weighted by Gasteiger charge is -2.59. The summed E-state index contributed by atoms with van der Waals surface area (Å²) in [5.74, 6) is -1.19. The predicted octanol–water partition coefficient (Wildman–Crippen LogP) is 2.69. The van der Waals surface area contributed by atoms with Crippen LogP contribution in [0.1, 0.15) is 52.9 Å². The first-order valence-corrected chi connectivity index (χ1v) is 9.61. The number of hydrogen-bond donors (Lipinski definition) is 3. The molecular formula is C21H32O6. The van der Waals surface area contributed by atoms with E-state index < -0.39 is 17.5 Å². The van der Waals surface area contributed by atoms with Crippen molar-refractivity contribution in [2.45, 2.75) is 59.0 Å². The number of carboxylic acid groups (broad SMARTS) is 1. The second kappa shape index (κ2) is 8.15. The minimum atomic E-state index is -1.06. The van der Waals surface area contributed by atoms with Crippen molar-refractivity contribution in [2.75, 3.05) is 13.7 Å². The highest BCUT2D eigenvalue weighted by molar-refractivity contribution is 5.90. The summed E-state index contributed by atoms with van der Waals surface area (Å²) in [4.78, 5) is 23.3. The van der Waals surface area contributed by atoms with Crippen molar-refractivity contribution in [3.05, 3.63) is 23.3 Å². The fraction of sp³-hybridized carbons (Fsp3) is 0.714. The summed E-state index contributed by atoms with van der Waals surface area (Å²) in [5, 5.41) is 29.4. The van der Waals surface area contributed by atoms with Crippen LogP contribution in [0.4, 0.5) is 0 Å². The minimum absolute atomic E-state index is 0.0626. The molecule has 2 rings (SSSR count). The standard InChI is InChI=1S/C21H32O6/c1-13-10-17(23)21(3)15(19(26)27-4)6-5-7-16(21)20(13,2)9-8-14(12-22)11-18(24)25/h6,11,13,16-17,22-23H,5,7-10,12H2,1-4H3,(H,24,25)/b14-11-/t13-,16-,17+,20+,21+/m1/s1. The number of carbonyl (C=O) groups is 2. The summed E-state index contributed by atoms with van der Waals surface area (Å²) >= 11 is 0. The van der Waals surface area contributed by atoms with Crippen molar-refractivity contribution in [3.8, 4) is 0 Å². The van der Waals surface area contributed by atoms with Crippen molar-refractivity contribution in [2.24, 2.45) is 22.7 Å². The molecule has 6 nitrogen and oxygen atoms in total. The normalized spacial score (nSPS) is 36.6. The second-order valence-corrected chi connectivity index (χ2v) is 8.48. The van der Waals surface area contributed by atoms with E-state index in [1.54, 1.807) is 0 Å². The number of aliphatic hydroxyl groups is 2. The summed E-state index contributed by atoms with van der Waals surface area (Å²) in [6.45, 7) is 5.95. The smallest absolute Gasteiger partial charge is 0.334 e. The van der Waals surface area contributed by atoms with Gasteiger partial charge in [0.1, 0.15) is 0 Å². The Balaban J connectivity index is 2.38. The van der Waals surface area contributed by atoms with E-state index >= 15 is 0 Å². The molecule has 2 aliphatic rings. The molecule has 0 aromatic heterocycles. The highest BCUT2D eigenvalue weighted by atomic mass is 16.5. The lowest BCUT2D eigenvalue weighted by atomic mass is 9.45. The van der Waals surface area contributed by atoms with Crippen LogP contribution in [0.2, 0.25) is 0 Å². The van der Waals surface area contributed by atoms with E-state index in [0.717, 1.165) is 18.9 Å². The monoisotopic (exact) mass is 380 g/mol. The van der Waals surface area contributed by atoms with Crippen molar-refractivity contribution in [3.63, 3.8) is 0 Å². The molecule has 3 N–H and O–H groups in total. The topological polar surface area (TPSA) is 104 Å². The number of carbonyl (C=O) groups excluding carboxylic acids is 1. The van der Waals surface area contributed by atoms with E-state index in [4.69, 9.17) is 9.84 Å². The average molecular weight is 380 g/mol.